The van der Waals surface area contributed by atoms with Gasteiger partial charge < -0.3 is 10.4 Å². The highest BCUT2D eigenvalue weighted by atomic mass is 19.2. The molecule has 0 fully saturated rings. The van der Waals surface area contributed by atoms with Crippen molar-refractivity contribution in [2.24, 2.45) is 0 Å². The molecule has 6 heteroatoms. The number of carboxylic acid groups (broad SMARTS) is 1. The molecule has 104 valence electrons. The molecule has 0 amide bonds. The van der Waals surface area contributed by atoms with Crippen LogP contribution in [-0.2, 0) is 4.79 Å². The van der Waals surface area contributed by atoms with Gasteiger partial charge in [-0.2, -0.15) is 0 Å². The van der Waals surface area contributed by atoms with Gasteiger partial charge in [-0.15, -0.1) is 0 Å². The minimum Gasteiger partial charge on any atom is -0.481 e. The molecular formula is C13H15F2NO3. The molecule has 0 radical (unpaired) electrons. The molecule has 0 spiro atoms. The predicted molar refractivity (Wildman–Crippen MR) is 65.0 cm³/mol. The summed E-state index contributed by atoms with van der Waals surface area (Å²) in [4.78, 5) is 22.7. The molecule has 2 N–H and O–H groups in total. The van der Waals surface area contributed by atoms with E-state index in [1.54, 1.807) is 0 Å². The third kappa shape index (κ3) is 4.40. The number of hydrogen-bond acceptors (Lipinski definition) is 3. The van der Waals surface area contributed by atoms with Crippen molar-refractivity contribution in [1.29, 1.82) is 0 Å². The zero-order chi connectivity index (χ0) is 14.4. The maximum Gasteiger partial charge on any atom is 0.305 e. The van der Waals surface area contributed by atoms with Crippen molar-refractivity contribution in [2.75, 3.05) is 6.54 Å². The van der Waals surface area contributed by atoms with Gasteiger partial charge in [0.2, 0.25) is 0 Å². The van der Waals surface area contributed by atoms with Gasteiger partial charge in [0.15, 0.2) is 17.4 Å². The molecule has 1 aromatic carbocycles. The Bertz CT molecular complexity index is 477. The molecule has 0 heterocycles. The van der Waals surface area contributed by atoms with E-state index in [1.165, 1.54) is 0 Å². The zero-order valence-electron chi connectivity index (χ0n) is 10.5. The number of carbonyl (C=O) groups excluding carboxylic acids is 1. The minimum absolute atomic E-state index is 0.0475. The van der Waals surface area contributed by atoms with E-state index in [1.807, 2.05) is 6.92 Å². The second kappa shape index (κ2) is 6.94. The van der Waals surface area contributed by atoms with E-state index in [4.69, 9.17) is 5.11 Å². The molecule has 0 bridgehead atoms. The number of benzene rings is 1. The number of Topliss-reactive ketones (excluding diaryl/α,β-unsaturated/α-hetero) is 1. The normalized spacial score (nSPS) is 12.2. The molecule has 0 saturated heterocycles. The van der Waals surface area contributed by atoms with Crippen LogP contribution in [-0.4, -0.2) is 29.4 Å². The summed E-state index contributed by atoms with van der Waals surface area (Å²) in [6.07, 6.45) is 0.318. The number of ketones is 1. The average molecular weight is 271 g/mol. The summed E-state index contributed by atoms with van der Waals surface area (Å²) in [6, 6.07) is 1.83. The molecule has 1 atom stereocenters. The fourth-order valence-corrected chi connectivity index (χ4v) is 1.60. The minimum atomic E-state index is -1.13. The van der Waals surface area contributed by atoms with Crippen molar-refractivity contribution in [3.05, 3.63) is 35.4 Å². The molecule has 1 aromatic rings. The molecule has 0 aromatic heterocycles. The van der Waals surface area contributed by atoms with Crippen LogP contribution in [0.25, 0.3) is 0 Å². The highest BCUT2D eigenvalue weighted by molar-refractivity contribution is 6.01. The lowest BCUT2D eigenvalue weighted by molar-refractivity contribution is -0.137. The van der Waals surface area contributed by atoms with E-state index >= 15 is 0 Å². The molecule has 0 aliphatic carbocycles. The largest absolute Gasteiger partial charge is 0.481 e. The summed E-state index contributed by atoms with van der Waals surface area (Å²) >= 11 is 0. The SMILES string of the molecule is CCCNC(CC(=O)O)C(=O)c1ccc(F)c(F)c1. The highest BCUT2D eigenvalue weighted by Crippen LogP contribution is 2.12. The first-order valence-corrected chi connectivity index (χ1v) is 5.90. The molecule has 0 aliphatic rings. The summed E-state index contributed by atoms with van der Waals surface area (Å²) in [5.74, 6) is -3.87. The summed E-state index contributed by atoms with van der Waals surface area (Å²) < 4.78 is 25.8. The zero-order valence-corrected chi connectivity index (χ0v) is 10.5. The number of carbonyl (C=O) groups is 2. The number of nitrogens with one attached hydrogen (secondary N) is 1. The van der Waals surface area contributed by atoms with Gasteiger partial charge in [0, 0.05) is 5.56 Å². The number of hydrogen-bond donors (Lipinski definition) is 2. The van der Waals surface area contributed by atoms with Crippen molar-refractivity contribution in [1.82, 2.24) is 5.32 Å². The van der Waals surface area contributed by atoms with Crippen LogP contribution in [0.5, 0.6) is 0 Å². The van der Waals surface area contributed by atoms with E-state index in [0.29, 0.717) is 6.54 Å². The molecular weight excluding hydrogens is 256 g/mol. The molecule has 19 heavy (non-hydrogen) atoms. The smallest absolute Gasteiger partial charge is 0.305 e. The van der Waals surface area contributed by atoms with Crippen LogP contribution in [0.15, 0.2) is 18.2 Å². The number of carboxylic acids is 1. The fourth-order valence-electron chi connectivity index (χ4n) is 1.60. The number of halogens is 2. The van der Waals surface area contributed by atoms with Crippen LogP contribution in [0.2, 0.25) is 0 Å². The Morgan fingerprint density at radius 2 is 2.00 bits per heavy atom. The lowest BCUT2D eigenvalue weighted by atomic mass is 10.0. The van der Waals surface area contributed by atoms with Gasteiger partial charge in [-0.3, -0.25) is 9.59 Å². The van der Waals surface area contributed by atoms with Gasteiger partial charge in [-0.25, -0.2) is 8.78 Å². The first kappa shape index (κ1) is 15.2. The van der Waals surface area contributed by atoms with E-state index in [9.17, 15) is 18.4 Å². The van der Waals surface area contributed by atoms with Crippen LogP contribution >= 0.6 is 0 Å². The van der Waals surface area contributed by atoms with Gasteiger partial charge >= 0.3 is 5.97 Å². The highest BCUT2D eigenvalue weighted by Gasteiger charge is 2.23. The Hall–Kier alpha value is -1.82. The lowest BCUT2D eigenvalue weighted by Crippen LogP contribution is -2.39. The van der Waals surface area contributed by atoms with E-state index in [-0.39, 0.29) is 5.56 Å². The molecule has 1 rings (SSSR count). The van der Waals surface area contributed by atoms with E-state index < -0.39 is 35.8 Å². The average Bonchev–Trinajstić information content (AvgIpc) is 2.36. The first-order chi connectivity index (χ1) is 8.95. The van der Waals surface area contributed by atoms with Crippen LogP contribution in [0, 0.1) is 11.6 Å². The van der Waals surface area contributed by atoms with Crippen LogP contribution in [0.3, 0.4) is 0 Å². The first-order valence-electron chi connectivity index (χ1n) is 5.90. The predicted octanol–water partition coefficient (Wildman–Crippen LogP) is 1.99. The van der Waals surface area contributed by atoms with Crippen molar-refractivity contribution in [3.63, 3.8) is 0 Å². The van der Waals surface area contributed by atoms with Gasteiger partial charge in [0.1, 0.15) is 0 Å². The Morgan fingerprint density at radius 1 is 1.32 bits per heavy atom. The summed E-state index contributed by atoms with van der Waals surface area (Å²) in [7, 11) is 0. The Labute approximate surface area is 109 Å². The topological polar surface area (TPSA) is 66.4 Å². The van der Waals surface area contributed by atoms with Crippen LogP contribution in [0.1, 0.15) is 30.1 Å². The standard InChI is InChI=1S/C13H15F2NO3/c1-2-5-16-11(7-12(17)18)13(19)8-3-4-9(14)10(15)6-8/h3-4,6,11,16H,2,5,7H2,1H3,(H,17,18). The molecule has 0 aliphatic heterocycles. The Morgan fingerprint density at radius 3 is 2.53 bits per heavy atom. The van der Waals surface area contributed by atoms with Crippen molar-refractivity contribution < 1.29 is 23.5 Å². The van der Waals surface area contributed by atoms with Gasteiger partial charge in [0.25, 0.3) is 0 Å². The summed E-state index contributed by atoms with van der Waals surface area (Å²) in [5, 5.41) is 11.5. The Balaban J connectivity index is 2.90. The molecule has 0 saturated carbocycles. The van der Waals surface area contributed by atoms with E-state index in [2.05, 4.69) is 5.32 Å². The maximum atomic E-state index is 13.1. The number of rotatable bonds is 7. The van der Waals surface area contributed by atoms with Crippen LogP contribution in [0.4, 0.5) is 8.78 Å². The third-order valence-corrected chi connectivity index (χ3v) is 2.54. The molecule has 1 unspecified atom stereocenters. The maximum absolute atomic E-state index is 13.1. The quantitative estimate of drug-likeness (QED) is 0.744. The van der Waals surface area contributed by atoms with Crippen molar-refractivity contribution in [3.8, 4) is 0 Å². The van der Waals surface area contributed by atoms with E-state index in [0.717, 1.165) is 24.6 Å². The monoisotopic (exact) mass is 271 g/mol. The van der Waals surface area contributed by atoms with Crippen LogP contribution < -0.4 is 5.32 Å². The number of aliphatic carboxylic acids is 1. The molecule has 4 nitrogen and oxygen atoms in total. The van der Waals surface area contributed by atoms with Gasteiger partial charge in [-0.1, -0.05) is 6.92 Å². The third-order valence-electron chi connectivity index (χ3n) is 2.54. The van der Waals surface area contributed by atoms with Crippen molar-refractivity contribution >= 4 is 11.8 Å². The summed E-state index contributed by atoms with van der Waals surface area (Å²) in [6.45, 7) is 2.33. The van der Waals surface area contributed by atoms with Gasteiger partial charge in [-0.05, 0) is 31.2 Å². The second-order valence-electron chi connectivity index (χ2n) is 4.10. The fraction of sp³-hybridized carbons (Fsp3) is 0.385. The Kier molecular flexibility index (Phi) is 5.57. The van der Waals surface area contributed by atoms with Crippen molar-refractivity contribution in [2.45, 2.75) is 25.8 Å². The second-order valence-corrected chi connectivity index (χ2v) is 4.10. The van der Waals surface area contributed by atoms with Gasteiger partial charge in [0.05, 0.1) is 12.5 Å². The summed E-state index contributed by atoms with van der Waals surface area (Å²) in [5.41, 5.74) is -0.0475. The lowest BCUT2D eigenvalue weighted by Gasteiger charge is -2.15.